The number of benzene rings is 2. The van der Waals surface area contributed by atoms with Gasteiger partial charge in [-0.2, -0.15) is 15.0 Å². The molecular weight excluding hydrogens is 320 g/mol. The maximum absolute atomic E-state index is 4.83. The monoisotopic (exact) mass is 346 g/mol. The SMILES string of the molecule is Cc1ccccc1Cn1nc(CNC2CCCC2)c(-c2ccccc2)n1. The Morgan fingerprint density at radius 2 is 1.69 bits per heavy atom. The van der Waals surface area contributed by atoms with Crippen LogP contribution >= 0.6 is 0 Å². The molecule has 1 aromatic heterocycles. The molecule has 0 aliphatic heterocycles. The number of hydrogen-bond acceptors (Lipinski definition) is 3. The number of rotatable bonds is 6. The van der Waals surface area contributed by atoms with Gasteiger partial charge in [-0.05, 0) is 30.9 Å². The molecule has 0 bridgehead atoms. The van der Waals surface area contributed by atoms with E-state index in [1.165, 1.54) is 36.8 Å². The molecule has 1 aliphatic rings. The first-order valence-electron chi connectivity index (χ1n) is 9.57. The minimum absolute atomic E-state index is 0.625. The predicted octanol–water partition coefficient (Wildman–Crippen LogP) is 4.33. The van der Waals surface area contributed by atoms with Crippen molar-refractivity contribution < 1.29 is 0 Å². The van der Waals surface area contributed by atoms with Gasteiger partial charge in [-0.3, -0.25) is 0 Å². The minimum Gasteiger partial charge on any atom is -0.308 e. The van der Waals surface area contributed by atoms with E-state index in [1.54, 1.807) is 0 Å². The van der Waals surface area contributed by atoms with E-state index in [0.29, 0.717) is 12.6 Å². The molecule has 1 aliphatic carbocycles. The molecule has 1 fully saturated rings. The maximum Gasteiger partial charge on any atom is 0.117 e. The summed E-state index contributed by atoms with van der Waals surface area (Å²) in [4.78, 5) is 1.84. The van der Waals surface area contributed by atoms with E-state index in [9.17, 15) is 0 Å². The van der Waals surface area contributed by atoms with Gasteiger partial charge >= 0.3 is 0 Å². The van der Waals surface area contributed by atoms with Gasteiger partial charge in [-0.25, -0.2) is 0 Å². The fourth-order valence-electron chi connectivity index (χ4n) is 3.70. The van der Waals surface area contributed by atoms with E-state index in [0.717, 1.165) is 23.5 Å². The average Bonchev–Trinajstić information content (AvgIpc) is 3.32. The molecule has 0 unspecified atom stereocenters. The fraction of sp³-hybridized carbons (Fsp3) is 0.364. The molecule has 134 valence electrons. The summed E-state index contributed by atoms with van der Waals surface area (Å²) >= 11 is 0. The Kier molecular flexibility index (Phi) is 5.12. The van der Waals surface area contributed by atoms with Crippen molar-refractivity contribution in [2.75, 3.05) is 0 Å². The van der Waals surface area contributed by atoms with Gasteiger partial charge in [-0.15, -0.1) is 0 Å². The lowest BCUT2D eigenvalue weighted by molar-refractivity contribution is 0.511. The molecule has 1 heterocycles. The second-order valence-electron chi connectivity index (χ2n) is 7.18. The van der Waals surface area contributed by atoms with E-state index < -0.39 is 0 Å². The summed E-state index contributed by atoms with van der Waals surface area (Å²) in [6, 6.07) is 19.4. The molecule has 4 heteroatoms. The van der Waals surface area contributed by atoms with E-state index in [2.05, 4.69) is 60.8 Å². The quantitative estimate of drug-likeness (QED) is 0.722. The third kappa shape index (κ3) is 3.86. The van der Waals surface area contributed by atoms with Gasteiger partial charge in [0.1, 0.15) is 11.4 Å². The first kappa shape index (κ1) is 17.0. The Labute approximate surface area is 155 Å². The highest BCUT2D eigenvalue weighted by Crippen LogP contribution is 2.22. The van der Waals surface area contributed by atoms with Crippen molar-refractivity contribution in [2.24, 2.45) is 0 Å². The summed E-state index contributed by atoms with van der Waals surface area (Å²) < 4.78 is 0. The van der Waals surface area contributed by atoms with Crippen LogP contribution in [0.1, 0.15) is 42.5 Å². The van der Waals surface area contributed by atoms with E-state index in [1.807, 2.05) is 10.9 Å². The third-order valence-corrected chi connectivity index (χ3v) is 5.26. The molecule has 1 saturated carbocycles. The van der Waals surface area contributed by atoms with Crippen molar-refractivity contribution in [3.05, 3.63) is 71.4 Å². The highest BCUT2D eigenvalue weighted by Gasteiger charge is 2.18. The second kappa shape index (κ2) is 7.83. The van der Waals surface area contributed by atoms with Crippen LogP contribution in [0.2, 0.25) is 0 Å². The van der Waals surface area contributed by atoms with Crippen LogP contribution in [0.3, 0.4) is 0 Å². The van der Waals surface area contributed by atoms with Crippen molar-refractivity contribution in [3.8, 4) is 11.3 Å². The van der Waals surface area contributed by atoms with Crippen LogP contribution in [0.25, 0.3) is 11.3 Å². The number of nitrogens with zero attached hydrogens (tertiary/aromatic N) is 3. The second-order valence-corrected chi connectivity index (χ2v) is 7.18. The molecule has 0 saturated heterocycles. The zero-order valence-electron chi connectivity index (χ0n) is 15.4. The Balaban J connectivity index is 1.60. The van der Waals surface area contributed by atoms with Gasteiger partial charge in [0.05, 0.1) is 6.54 Å². The molecule has 4 rings (SSSR count). The van der Waals surface area contributed by atoms with Crippen LogP contribution in [0.5, 0.6) is 0 Å². The average molecular weight is 346 g/mol. The Morgan fingerprint density at radius 1 is 0.962 bits per heavy atom. The number of hydrogen-bond donors (Lipinski definition) is 1. The first-order chi connectivity index (χ1) is 12.8. The van der Waals surface area contributed by atoms with E-state index in [-0.39, 0.29) is 0 Å². The number of aromatic nitrogens is 3. The molecule has 3 aromatic rings. The van der Waals surface area contributed by atoms with Gasteiger partial charge in [-0.1, -0.05) is 67.4 Å². The Morgan fingerprint density at radius 3 is 2.46 bits per heavy atom. The smallest absolute Gasteiger partial charge is 0.117 e. The molecule has 0 radical (unpaired) electrons. The molecular formula is C22H26N4. The highest BCUT2D eigenvalue weighted by atomic mass is 15.5. The van der Waals surface area contributed by atoms with Crippen molar-refractivity contribution in [2.45, 2.75) is 51.7 Å². The lowest BCUT2D eigenvalue weighted by atomic mass is 10.1. The minimum atomic E-state index is 0.625. The Hall–Kier alpha value is -2.46. The summed E-state index contributed by atoms with van der Waals surface area (Å²) in [7, 11) is 0. The van der Waals surface area contributed by atoms with Crippen LogP contribution in [0, 0.1) is 6.92 Å². The van der Waals surface area contributed by atoms with Crippen molar-refractivity contribution >= 4 is 0 Å². The molecule has 0 atom stereocenters. The van der Waals surface area contributed by atoms with Crippen molar-refractivity contribution in [1.29, 1.82) is 0 Å². The number of nitrogens with one attached hydrogen (secondary N) is 1. The fourth-order valence-corrected chi connectivity index (χ4v) is 3.70. The normalized spacial score (nSPS) is 14.8. The Bertz CT molecular complexity index is 848. The van der Waals surface area contributed by atoms with Crippen LogP contribution in [-0.2, 0) is 13.1 Å². The lowest BCUT2D eigenvalue weighted by Gasteiger charge is -2.10. The molecule has 1 N–H and O–H groups in total. The maximum atomic E-state index is 4.83. The van der Waals surface area contributed by atoms with Crippen LogP contribution in [0.15, 0.2) is 54.6 Å². The van der Waals surface area contributed by atoms with Crippen LogP contribution < -0.4 is 5.32 Å². The number of aryl methyl sites for hydroxylation is 1. The standard InChI is InChI=1S/C22H26N4/c1-17-9-5-6-12-19(17)16-26-24-21(15-23-20-13-7-8-14-20)22(25-26)18-10-3-2-4-11-18/h2-6,9-12,20,23H,7-8,13-16H2,1H3. The highest BCUT2D eigenvalue weighted by molar-refractivity contribution is 5.60. The van der Waals surface area contributed by atoms with E-state index in [4.69, 9.17) is 10.2 Å². The van der Waals surface area contributed by atoms with Crippen molar-refractivity contribution in [3.63, 3.8) is 0 Å². The van der Waals surface area contributed by atoms with Gasteiger partial charge < -0.3 is 5.32 Å². The first-order valence-corrected chi connectivity index (χ1v) is 9.57. The summed E-state index contributed by atoms with van der Waals surface area (Å²) in [5, 5.41) is 13.3. The third-order valence-electron chi connectivity index (χ3n) is 5.26. The molecule has 26 heavy (non-hydrogen) atoms. The summed E-state index contributed by atoms with van der Waals surface area (Å²) in [5.41, 5.74) is 5.70. The molecule has 0 spiro atoms. The topological polar surface area (TPSA) is 42.7 Å². The lowest BCUT2D eigenvalue weighted by Crippen LogP contribution is -2.25. The van der Waals surface area contributed by atoms with Gasteiger partial charge in [0.15, 0.2) is 0 Å². The zero-order chi connectivity index (χ0) is 17.8. The van der Waals surface area contributed by atoms with Gasteiger partial charge in [0.25, 0.3) is 0 Å². The van der Waals surface area contributed by atoms with Gasteiger partial charge in [0.2, 0.25) is 0 Å². The molecule has 4 nitrogen and oxygen atoms in total. The summed E-state index contributed by atoms with van der Waals surface area (Å²) in [6.45, 7) is 3.62. The zero-order valence-corrected chi connectivity index (χ0v) is 15.4. The molecule has 2 aromatic carbocycles. The predicted molar refractivity (Wildman–Crippen MR) is 105 cm³/mol. The summed E-state index contributed by atoms with van der Waals surface area (Å²) in [5.74, 6) is 0. The van der Waals surface area contributed by atoms with Crippen LogP contribution in [-0.4, -0.2) is 21.0 Å². The largest absolute Gasteiger partial charge is 0.308 e. The molecule has 0 amide bonds. The van der Waals surface area contributed by atoms with Gasteiger partial charge in [0, 0.05) is 18.2 Å². The van der Waals surface area contributed by atoms with E-state index >= 15 is 0 Å². The summed E-state index contributed by atoms with van der Waals surface area (Å²) in [6.07, 6.45) is 5.22. The van der Waals surface area contributed by atoms with Crippen LogP contribution in [0.4, 0.5) is 0 Å². The van der Waals surface area contributed by atoms with Crippen molar-refractivity contribution in [1.82, 2.24) is 20.3 Å².